The van der Waals surface area contributed by atoms with E-state index in [1.807, 2.05) is 24.3 Å². The molecular weight excluding hydrogens is 258 g/mol. The van der Waals surface area contributed by atoms with E-state index in [2.05, 4.69) is 30.4 Å². The third-order valence-electron chi connectivity index (χ3n) is 3.36. The van der Waals surface area contributed by atoms with Crippen molar-refractivity contribution in [2.45, 2.75) is 19.4 Å². The monoisotopic (exact) mass is 273 g/mol. The molecule has 0 amide bonds. The third kappa shape index (κ3) is 2.69. The van der Waals surface area contributed by atoms with Gasteiger partial charge < -0.3 is 10.1 Å². The van der Waals surface area contributed by atoms with E-state index >= 15 is 0 Å². The van der Waals surface area contributed by atoms with E-state index in [1.54, 1.807) is 0 Å². The number of rotatable bonds is 3. The molecule has 0 spiro atoms. The molecule has 1 N–H and O–H groups in total. The lowest BCUT2D eigenvalue weighted by molar-refractivity contribution is 0.246. The van der Waals surface area contributed by atoms with Crippen LogP contribution in [0, 0.1) is 6.92 Å². The Morgan fingerprint density at radius 1 is 1.26 bits per heavy atom. The lowest BCUT2D eigenvalue weighted by atomic mass is 10.1. The number of hydrogen-bond donors (Lipinski definition) is 1. The van der Waals surface area contributed by atoms with Gasteiger partial charge in [-0.2, -0.15) is 0 Å². The number of para-hydroxylation sites is 1. The largest absolute Gasteiger partial charge is 0.488 e. The predicted octanol–water partition coefficient (Wildman–Crippen LogP) is 4.06. The van der Waals surface area contributed by atoms with E-state index in [0.717, 1.165) is 29.4 Å². The number of hydrogen-bond acceptors (Lipinski definition) is 2. The van der Waals surface area contributed by atoms with Gasteiger partial charge in [0.15, 0.2) is 0 Å². The Bertz CT molecular complexity index is 572. The summed E-state index contributed by atoms with van der Waals surface area (Å²) < 4.78 is 5.89. The Balaban J connectivity index is 1.64. The Kier molecular flexibility index (Phi) is 3.34. The normalized spacial score (nSPS) is 16.8. The second-order valence-electron chi connectivity index (χ2n) is 4.92. The molecule has 19 heavy (non-hydrogen) atoms. The molecule has 0 bridgehead atoms. The van der Waals surface area contributed by atoms with Crippen LogP contribution < -0.4 is 10.1 Å². The summed E-state index contributed by atoms with van der Waals surface area (Å²) in [6.45, 7) is 2.82. The first kappa shape index (κ1) is 12.4. The van der Waals surface area contributed by atoms with Crippen molar-refractivity contribution in [2.24, 2.45) is 0 Å². The van der Waals surface area contributed by atoms with E-state index in [4.69, 9.17) is 16.3 Å². The highest BCUT2D eigenvalue weighted by Crippen LogP contribution is 2.29. The number of anilines is 1. The van der Waals surface area contributed by atoms with Crippen molar-refractivity contribution in [3.05, 3.63) is 58.6 Å². The molecule has 0 radical (unpaired) electrons. The van der Waals surface area contributed by atoms with Gasteiger partial charge in [-0.25, -0.2) is 0 Å². The van der Waals surface area contributed by atoms with Crippen LogP contribution >= 0.6 is 11.6 Å². The SMILES string of the molecule is Cc1ccc(Cl)c(NCC2Cc3ccccc3O2)c1. The molecule has 3 rings (SSSR count). The van der Waals surface area contributed by atoms with Crippen molar-refractivity contribution in [2.75, 3.05) is 11.9 Å². The summed E-state index contributed by atoms with van der Waals surface area (Å²) in [6.07, 6.45) is 1.13. The summed E-state index contributed by atoms with van der Waals surface area (Å²) in [5.41, 5.74) is 3.45. The molecule has 0 saturated heterocycles. The van der Waals surface area contributed by atoms with Gasteiger partial charge in [0.1, 0.15) is 11.9 Å². The molecule has 0 fully saturated rings. The Hall–Kier alpha value is -1.67. The first-order chi connectivity index (χ1) is 9.22. The maximum atomic E-state index is 6.17. The summed E-state index contributed by atoms with van der Waals surface area (Å²) in [6, 6.07) is 14.2. The Morgan fingerprint density at radius 3 is 2.95 bits per heavy atom. The van der Waals surface area contributed by atoms with Crippen LogP contribution in [0.3, 0.4) is 0 Å². The van der Waals surface area contributed by atoms with E-state index in [9.17, 15) is 0 Å². The highest BCUT2D eigenvalue weighted by atomic mass is 35.5. The van der Waals surface area contributed by atoms with Crippen LogP contribution in [0.5, 0.6) is 5.75 Å². The second-order valence-corrected chi connectivity index (χ2v) is 5.32. The van der Waals surface area contributed by atoms with Crippen LogP contribution in [-0.4, -0.2) is 12.6 Å². The zero-order valence-electron chi connectivity index (χ0n) is 10.8. The van der Waals surface area contributed by atoms with Crippen LogP contribution in [0.4, 0.5) is 5.69 Å². The standard InChI is InChI=1S/C16H16ClNO/c1-11-6-7-14(17)15(8-11)18-10-13-9-12-4-2-3-5-16(12)19-13/h2-8,13,18H,9-10H2,1H3. The van der Waals surface area contributed by atoms with Gasteiger partial charge in [-0.15, -0.1) is 0 Å². The molecule has 2 aromatic rings. The average Bonchev–Trinajstić information content (AvgIpc) is 2.82. The van der Waals surface area contributed by atoms with Gasteiger partial charge >= 0.3 is 0 Å². The Morgan fingerprint density at radius 2 is 2.11 bits per heavy atom. The average molecular weight is 274 g/mol. The summed E-state index contributed by atoms with van der Waals surface area (Å²) in [5.74, 6) is 1.00. The van der Waals surface area contributed by atoms with E-state index in [0.29, 0.717) is 0 Å². The first-order valence-electron chi connectivity index (χ1n) is 6.47. The van der Waals surface area contributed by atoms with E-state index in [-0.39, 0.29) is 6.10 Å². The molecule has 2 nitrogen and oxygen atoms in total. The van der Waals surface area contributed by atoms with Crippen molar-refractivity contribution in [1.82, 2.24) is 0 Å². The molecular formula is C16H16ClNO. The van der Waals surface area contributed by atoms with E-state index in [1.165, 1.54) is 11.1 Å². The molecule has 1 atom stereocenters. The fraction of sp³-hybridized carbons (Fsp3) is 0.250. The van der Waals surface area contributed by atoms with Crippen LogP contribution in [0.15, 0.2) is 42.5 Å². The van der Waals surface area contributed by atoms with Gasteiger partial charge in [0.2, 0.25) is 0 Å². The minimum Gasteiger partial charge on any atom is -0.488 e. The second kappa shape index (κ2) is 5.14. The van der Waals surface area contributed by atoms with E-state index < -0.39 is 0 Å². The minimum absolute atomic E-state index is 0.175. The zero-order chi connectivity index (χ0) is 13.2. The Labute approximate surface area is 118 Å². The smallest absolute Gasteiger partial charge is 0.123 e. The van der Waals surface area contributed by atoms with Gasteiger partial charge in [-0.05, 0) is 36.2 Å². The van der Waals surface area contributed by atoms with Crippen LogP contribution in [0.25, 0.3) is 0 Å². The predicted molar refractivity (Wildman–Crippen MR) is 79.2 cm³/mol. The van der Waals surface area contributed by atoms with Crippen molar-refractivity contribution in [1.29, 1.82) is 0 Å². The maximum absolute atomic E-state index is 6.17. The van der Waals surface area contributed by atoms with Crippen molar-refractivity contribution < 1.29 is 4.74 Å². The van der Waals surface area contributed by atoms with Crippen LogP contribution in [0.2, 0.25) is 5.02 Å². The van der Waals surface area contributed by atoms with Crippen molar-refractivity contribution in [3.63, 3.8) is 0 Å². The number of halogens is 1. The fourth-order valence-electron chi connectivity index (χ4n) is 2.37. The highest BCUT2D eigenvalue weighted by Gasteiger charge is 2.21. The molecule has 3 heteroatoms. The van der Waals surface area contributed by atoms with Gasteiger partial charge in [0.25, 0.3) is 0 Å². The maximum Gasteiger partial charge on any atom is 0.123 e. The molecule has 0 aliphatic carbocycles. The minimum atomic E-state index is 0.175. The number of aryl methyl sites for hydroxylation is 1. The summed E-state index contributed by atoms with van der Waals surface area (Å²) in [5, 5.41) is 4.12. The van der Waals surface area contributed by atoms with Gasteiger partial charge in [0, 0.05) is 6.42 Å². The quantitative estimate of drug-likeness (QED) is 0.910. The van der Waals surface area contributed by atoms with Gasteiger partial charge in [-0.3, -0.25) is 0 Å². The number of nitrogens with one attached hydrogen (secondary N) is 1. The highest BCUT2D eigenvalue weighted by molar-refractivity contribution is 6.33. The van der Waals surface area contributed by atoms with Crippen molar-refractivity contribution >= 4 is 17.3 Å². The van der Waals surface area contributed by atoms with Crippen molar-refractivity contribution in [3.8, 4) is 5.75 Å². The topological polar surface area (TPSA) is 21.3 Å². The lowest BCUT2D eigenvalue weighted by Gasteiger charge is -2.14. The van der Waals surface area contributed by atoms with Crippen LogP contribution in [-0.2, 0) is 6.42 Å². The summed E-state index contributed by atoms with van der Waals surface area (Å²) in [7, 11) is 0. The molecule has 1 unspecified atom stereocenters. The molecule has 0 aromatic heterocycles. The number of ether oxygens (including phenoxy) is 1. The molecule has 98 valence electrons. The fourth-order valence-corrected chi connectivity index (χ4v) is 2.55. The third-order valence-corrected chi connectivity index (χ3v) is 3.69. The molecule has 1 aliphatic rings. The number of fused-ring (bicyclic) bond motifs is 1. The van der Waals surface area contributed by atoms with Gasteiger partial charge in [0.05, 0.1) is 17.3 Å². The zero-order valence-corrected chi connectivity index (χ0v) is 11.6. The van der Waals surface area contributed by atoms with Crippen LogP contribution in [0.1, 0.15) is 11.1 Å². The number of benzene rings is 2. The molecule has 2 aromatic carbocycles. The first-order valence-corrected chi connectivity index (χ1v) is 6.85. The summed E-state index contributed by atoms with van der Waals surface area (Å²) in [4.78, 5) is 0. The lowest BCUT2D eigenvalue weighted by Crippen LogP contribution is -2.24. The molecule has 1 heterocycles. The molecule has 0 saturated carbocycles. The summed E-state index contributed by atoms with van der Waals surface area (Å²) >= 11 is 6.17. The van der Waals surface area contributed by atoms with Gasteiger partial charge in [-0.1, -0.05) is 35.9 Å². The molecule has 1 aliphatic heterocycles.